The summed E-state index contributed by atoms with van der Waals surface area (Å²) in [6.45, 7) is -0.612. The van der Waals surface area contributed by atoms with Gasteiger partial charge in [-0.05, 0) is 12.1 Å². The molecule has 0 saturated carbocycles. The monoisotopic (exact) mass is 290 g/mol. The number of anilines is 1. The molecule has 0 aromatic carbocycles. The van der Waals surface area contributed by atoms with Crippen LogP contribution in [0.4, 0.5) is 5.82 Å². The molecule has 8 heteroatoms. The lowest BCUT2D eigenvalue weighted by atomic mass is 9.96. The average Bonchev–Trinajstić information content (AvgIpc) is 3.02. The summed E-state index contributed by atoms with van der Waals surface area (Å²) in [5.41, 5.74) is 5.09. The maximum atomic E-state index is 10.2. The van der Waals surface area contributed by atoms with Crippen LogP contribution in [-0.2, 0) is 4.74 Å². The first-order valence-electron chi connectivity index (χ1n) is 6.25. The number of nitrogens with zero attached hydrogens (tertiary/aromatic N) is 3. The van der Waals surface area contributed by atoms with Gasteiger partial charge in [0.05, 0.1) is 12.3 Å². The molecule has 0 amide bonds. The van der Waals surface area contributed by atoms with Crippen molar-refractivity contribution in [3.63, 3.8) is 0 Å². The highest BCUT2D eigenvalue weighted by Gasteiger charge is 2.54. The average molecular weight is 290 g/mol. The summed E-state index contributed by atoms with van der Waals surface area (Å²) in [5, 5.41) is 33.7. The van der Waals surface area contributed by atoms with E-state index in [9.17, 15) is 15.3 Å². The predicted octanol–water partition coefficient (Wildman–Crippen LogP) is -1.53. The van der Waals surface area contributed by atoms with Crippen LogP contribution in [0.3, 0.4) is 0 Å². The first-order valence-corrected chi connectivity index (χ1v) is 6.25. The zero-order valence-corrected chi connectivity index (χ0v) is 10.9. The first-order chi connectivity index (χ1) is 10.0. The van der Waals surface area contributed by atoms with Gasteiger partial charge in [0.1, 0.15) is 30.2 Å². The fourth-order valence-electron chi connectivity index (χ4n) is 2.53. The summed E-state index contributed by atoms with van der Waals surface area (Å²) in [6.07, 6.45) is 2.93. The van der Waals surface area contributed by atoms with E-state index in [1.165, 1.54) is 10.8 Å². The molecule has 0 bridgehead atoms. The summed E-state index contributed by atoms with van der Waals surface area (Å²) in [5.74, 6) is 2.48. The van der Waals surface area contributed by atoms with Crippen LogP contribution in [0.1, 0.15) is 11.8 Å². The molecular formula is C13H14N4O4. The van der Waals surface area contributed by atoms with Crippen LogP contribution in [0.15, 0.2) is 18.5 Å². The number of nitrogens with two attached hydrogens (primary N) is 1. The van der Waals surface area contributed by atoms with Gasteiger partial charge < -0.3 is 25.8 Å². The fraction of sp³-hybridized carbons (Fsp3) is 0.385. The van der Waals surface area contributed by atoms with Crippen LogP contribution in [0, 0.1) is 12.3 Å². The molecule has 0 radical (unpaired) electrons. The molecule has 2 aromatic heterocycles. The highest BCUT2D eigenvalue weighted by molar-refractivity contribution is 5.65. The van der Waals surface area contributed by atoms with Crippen molar-refractivity contribution in [2.24, 2.45) is 0 Å². The van der Waals surface area contributed by atoms with E-state index in [-0.39, 0.29) is 5.82 Å². The molecule has 8 nitrogen and oxygen atoms in total. The maximum absolute atomic E-state index is 10.2. The first kappa shape index (κ1) is 13.8. The summed E-state index contributed by atoms with van der Waals surface area (Å²) >= 11 is 0. The number of hydrogen-bond donors (Lipinski definition) is 4. The third-order valence-electron chi connectivity index (χ3n) is 3.73. The number of aliphatic hydroxyl groups excluding tert-OH is 3. The number of nitrogen functional groups attached to an aromatic ring is 1. The number of aromatic nitrogens is 3. The van der Waals surface area contributed by atoms with Gasteiger partial charge in [0.15, 0.2) is 11.4 Å². The minimum Gasteiger partial charge on any atom is -0.392 e. The van der Waals surface area contributed by atoms with Crippen molar-refractivity contribution in [2.75, 3.05) is 12.3 Å². The van der Waals surface area contributed by atoms with Crippen molar-refractivity contribution in [3.8, 4) is 12.3 Å². The van der Waals surface area contributed by atoms with Gasteiger partial charge in [-0.3, -0.25) is 0 Å². The van der Waals surface area contributed by atoms with Gasteiger partial charge in [-0.1, -0.05) is 5.92 Å². The van der Waals surface area contributed by atoms with E-state index in [0.717, 1.165) is 0 Å². The molecule has 0 spiro atoms. The second-order valence-corrected chi connectivity index (χ2v) is 4.87. The zero-order chi connectivity index (χ0) is 15.2. The summed E-state index contributed by atoms with van der Waals surface area (Å²) in [7, 11) is 0. The van der Waals surface area contributed by atoms with Gasteiger partial charge in [-0.2, -0.15) is 5.10 Å². The molecule has 2 aromatic rings. The Kier molecular flexibility index (Phi) is 3.07. The van der Waals surface area contributed by atoms with Gasteiger partial charge in [0, 0.05) is 0 Å². The molecule has 110 valence electrons. The van der Waals surface area contributed by atoms with E-state index in [2.05, 4.69) is 16.0 Å². The second kappa shape index (κ2) is 4.68. The molecule has 3 heterocycles. The number of ether oxygens (including phenoxy) is 1. The van der Waals surface area contributed by atoms with Gasteiger partial charge in [-0.15, -0.1) is 6.42 Å². The standard InChI is InChI=1S/C13H14N4O4/c1-2-13(5-18)11(20)9(19)10(21-13)7-3-4-8-12(14)15-6-16-17(7)8/h1,3-4,6,9-11,18-20H,5H2,(H2,14,15,16)/t9?,10?,11?,13-/m1/s1. The Bertz CT molecular complexity index is 725. The van der Waals surface area contributed by atoms with Gasteiger partial charge in [0.25, 0.3) is 0 Å². The molecular weight excluding hydrogens is 276 g/mol. The topological polar surface area (TPSA) is 126 Å². The summed E-state index contributed by atoms with van der Waals surface area (Å²) in [4.78, 5) is 3.86. The third kappa shape index (κ3) is 1.80. The quantitative estimate of drug-likeness (QED) is 0.494. The highest BCUT2D eigenvalue weighted by Crippen LogP contribution is 2.40. The van der Waals surface area contributed by atoms with E-state index in [1.54, 1.807) is 12.1 Å². The molecule has 1 aliphatic rings. The smallest absolute Gasteiger partial charge is 0.180 e. The fourth-order valence-corrected chi connectivity index (χ4v) is 2.53. The van der Waals surface area contributed by atoms with Crippen LogP contribution < -0.4 is 5.73 Å². The largest absolute Gasteiger partial charge is 0.392 e. The molecule has 0 aliphatic carbocycles. The van der Waals surface area contributed by atoms with Crippen molar-refractivity contribution in [2.45, 2.75) is 23.9 Å². The number of terminal acetylenes is 1. The van der Waals surface area contributed by atoms with Crippen LogP contribution in [0.25, 0.3) is 5.52 Å². The minimum atomic E-state index is -1.65. The van der Waals surface area contributed by atoms with E-state index in [4.69, 9.17) is 16.9 Å². The Morgan fingerprint density at radius 3 is 2.86 bits per heavy atom. The lowest BCUT2D eigenvalue weighted by Crippen LogP contribution is -2.44. The van der Waals surface area contributed by atoms with Gasteiger partial charge in [0.2, 0.25) is 0 Å². The molecule has 3 unspecified atom stereocenters. The molecule has 1 aliphatic heterocycles. The second-order valence-electron chi connectivity index (χ2n) is 4.87. The molecule has 1 fully saturated rings. The zero-order valence-electron chi connectivity index (χ0n) is 10.9. The Hall–Kier alpha value is -2.18. The van der Waals surface area contributed by atoms with Crippen LogP contribution in [0.2, 0.25) is 0 Å². The third-order valence-corrected chi connectivity index (χ3v) is 3.73. The molecule has 5 N–H and O–H groups in total. The van der Waals surface area contributed by atoms with Gasteiger partial charge in [-0.25, -0.2) is 9.50 Å². The van der Waals surface area contributed by atoms with Crippen LogP contribution in [0.5, 0.6) is 0 Å². The SMILES string of the molecule is C#C[C@]1(CO)OC(c2ccc3c(N)ncnn23)C(O)C1O. The predicted molar refractivity (Wildman–Crippen MR) is 71.9 cm³/mol. The highest BCUT2D eigenvalue weighted by atomic mass is 16.6. The van der Waals surface area contributed by atoms with Crippen molar-refractivity contribution in [1.29, 1.82) is 0 Å². The van der Waals surface area contributed by atoms with E-state index >= 15 is 0 Å². The number of aliphatic hydroxyl groups is 3. The lowest BCUT2D eigenvalue weighted by molar-refractivity contribution is -0.0732. The van der Waals surface area contributed by atoms with Crippen molar-refractivity contribution in [3.05, 3.63) is 24.2 Å². The van der Waals surface area contributed by atoms with Crippen molar-refractivity contribution >= 4 is 11.3 Å². The Balaban J connectivity index is 2.08. The summed E-state index contributed by atoms with van der Waals surface area (Å²) in [6, 6.07) is 3.31. The lowest BCUT2D eigenvalue weighted by Gasteiger charge is -2.23. The van der Waals surface area contributed by atoms with Crippen molar-refractivity contribution < 1.29 is 20.1 Å². The van der Waals surface area contributed by atoms with E-state index in [1.807, 2.05) is 0 Å². The Labute approximate surface area is 119 Å². The van der Waals surface area contributed by atoms with Crippen LogP contribution >= 0.6 is 0 Å². The van der Waals surface area contributed by atoms with Crippen molar-refractivity contribution in [1.82, 2.24) is 14.6 Å². The normalized spacial score (nSPS) is 32.4. The Morgan fingerprint density at radius 1 is 1.48 bits per heavy atom. The number of hydrogen-bond acceptors (Lipinski definition) is 7. The molecule has 3 rings (SSSR count). The molecule has 1 saturated heterocycles. The van der Waals surface area contributed by atoms with Gasteiger partial charge >= 0.3 is 0 Å². The molecule has 21 heavy (non-hydrogen) atoms. The maximum Gasteiger partial charge on any atom is 0.180 e. The number of fused-ring (bicyclic) bond motifs is 1. The van der Waals surface area contributed by atoms with Crippen LogP contribution in [-0.4, -0.2) is 54.3 Å². The minimum absolute atomic E-state index is 0.273. The van der Waals surface area contributed by atoms with E-state index in [0.29, 0.717) is 11.2 Å². The summed E-state index contributed by atoms with van der Waals surface area (Å²) < 4.78 is 7.01. The van der Waals surface area contributed by atoms with E-state index < -0.39 is 30.5 Å². The molecule has 4 atom stereocenters. The Morgan fingerprint density at radius 2 is 2.24 bits per heavy atom. The number of rotatable bonds is 2.